The van der Waals surface area contributed by atoms with E-state index in [1.165, 1.54) is 0 Å². The van der Waals surface area contributed by atoms with Crippen molar-refractivity contribution in [3.63, 3.8) is 0 Å². The van der Waals surface area contributed by atoms with Gasteiger partial charge in [-0.1, -0.05) is 20.8 Å². The van der Waals surface area contributed by atoms with Crippen LogP contribution in [0.5, 0.6) is 0 Å². The number of unbranched alkanes of at least 4 members (excludes halogenated alkanes) is 1. The zero-order chi connectivity index (χ0) is 16.8. The average molecular weight is 313 g/mol. The summed E-state index contributed by atoms with van der Waals surface area (Å²) in [5, 5.41) is 8.65. The molecule has 0 aromatic rings. The summed E-state index contributed by atoms with van der Waals surface area (Å²) in [7, 11) is 0. The topological polar surface area (TPSA) is 66.8 Å². The second kappa shape index (κ2) is 8.51. The van der Waals surface area contributed by atoms with Gasteiger partial charge in [-0.3, -0.25) is 9.59 Å². The van der Waals surface area contributed by atoms with E-state index in [-0.39, 0.29) is 29.9 Å². The predicted octanol–water partition coefficient (Wildman–Crippen LogP) is 3.07. The van der Waals surface area contributed by atoms with Crippen molar-refractivity contribution in [2.45, 2.75) is 78.4 Å². The van der Waals surface area contributed by atoms with E-state index in [2.05, 4.69) is 20.8 Å². The second-order valence-electron chi connectivity index (χ2n) is 6.70. The normalized spacial score (nSPS) is 22.9. The lowest BCUT2D eigenvalue weighted by Gasteiger charge is -2.55. The van der Waals surface area contributed by atoms with Crippen molar-refractivity contribution in [2.24, 2.45) is 5.41 Å². The van der Waals surface area contributed by atoms with Crippen LogP contribution >= 0.6 is 0 Å². The minimum atomic E-state index is -0.794. The molecule has 0 saturated heterocycles. The van der Waals surface area contributed by atoms with Crippen LogP contribution in [0.4, 0.5) is 0 Å². The summed E-state index contributed by atoms with van der Waals surface area (Å²) in [6.07, 6.45) is 3.86. The molecule has 0 aromatic carbocycles. The van der Waals surface area contributed by atoms with Gasteiger partial charge in [-0.25, -0.2) is 0 Å². The Balaban J connectivity index is 2.54. The lowest BCUT2D eigenvalue weighted by atomic mass is 9.63. The molecule has 0 spiro atoms. The number of hydrogen-bond donors (Lipinski definition) is 1. The minimum Gasteiger partial charge on any atom is -0.481 e. The van der Waals surface area contributed by atoms with Crippen LogP contribution in [0.25, 0.3) is 0 Å². The van der Waals surface area contributed by atoms with Crippen molar-refractivity contribution < 1.29 is 19.4 Å². The Labute approximate surface area is 134 Å². The molecule has 0 radical (unpaired) electrons. The van der Waals surface area contributed by atoms with E-state index in [1.807, 2.05) is 11.8 Å². The van der Waals surface area contributed by atoms with Gasteiger partial charge in [0.15, 0.2) is 0 Å². The van der Waals surface area contributed by atoms with Gasteiger partial charge in [-0.05, 0) is 32.6 Å². The molecule has 2 atom stereocenters. The second-order valence-corrected chi connectivity index (χ2v) is 6.70. The van der Waals surface area contributed by atoms with Crippen molar-refractivity contribution >= 4 is 11.9 Å². The Hall–Kier alpha value is -1.10. The maximum atomic E-state index is 12.5. The van der Waals surface area contributed by atoms with Crippen LogP contribution in [0.2, 0.25) is 0 Å². The van der Waals surface area contributed by atoms with Gasteiger partial charge in [0, 0.05) is 37.5 Å². The molecule has 1 fully saturated rings. The molecule has 0 heterocycles. The molecule has 1 rings (SSSR count). The standard InChI is InChI=1S/C17H31NO4/c1-5-11-18(15(19)9-7-8-10-16(20)21)13-12-14(22-6-2)17(13,3)4/h13-14H,5-12H2,1-4H3,(H,20,21). The highest BCUT2D eigenvalue weighted by atomic mass is 16.5. The van der Waals surface area contributed by atoms with E-state index in [0.717, 1.165) is 19.4 Å². The van der Waals surface area contributed by atoms with Gasteiger partial charge in [-0.15, -0.1) is 0 Å². The molecule has 2 unspecified atom stereocenters. The predicted molar refractivity (Wildman–Crippen MR) is 85.7 cm³/mol. The van der Waals surface area contributed by atoms with Gasteiger partial charge in [0.2, 0.25) is 5.91 Å². The smallest absolute Gasteiger partial charge is 0.303 e. The van der Waals surface area contributed by atoms with Gasteiger partial charge < -0.3 is 14.7 Å². The first kappa shape index (κ1) is 18.9. The minimum absolute atomic E-state index is 0.0120. The summed E-state index contributed by atoms with van der Waals surface area (Å²) < 4.78 is 5.75. The molecule has 0 bridgehead atoms. The van der Waals surface area contributed by atoms with Gasteiger partial charge >= 0.3 is 5.97 Å². The zero-order valence-electron chi connectivity index (χ0n) is 14.4. The van der Waals surface area contributed by atoms with E-state index in [4.69, 9.17) is 9.84 Å². The average Bonchev–Trinajstić information content (AvgIpc) is 2.45. The van der Waals surface area contributed by atoms with Gasteiger partial charge in [-0.2, -0.15) is 0 Å². The summed E-state index contributed by atoms with van der Waals surface area (Å²) in [6, 6.07) is 0.232. The largest absolute Gasteiger partial charge is 0.481 e. The fourth-order valence-electron chi connectivity index (χ4n) is 3.27. The quantitative estimate of drug-likeness (QED) is 0.629. The third-order valence-corrected chi connectivity index (χ3v) is 4.69. The highest BCUT2D eigenvalue weighted by Crippen LogP contribution is 2.46. The third kappa shape index (κ3) is 4.70. The fourth-order valence-corrected chi connectivity index (χ4v) is 3.27. The molecule has 1 amide bonds. The number of aliphatic carboxylic acids is 1. The molecule has 0 aromatic heterocycles. The Kier molecular flexibility index (Phi) is 7.33. The number of carbonyl (C=O) groups is 2. The SMILES string of the molecule is CCCN(C(=O)CCCCC(=O)O)C1CC(OCC)C1(C)C. The van der Waals surface area contributed by atoms with Crippen LogP contribution in [0.3, 0.4) is 0 Å². The molecular formula is C17H31NO4. The van der Waals surface area contributed by atoms with Crippen LogP contribution < -0.4 is 0 Å². The van der Waals surface area contributed by atoms with Crippen molar-refractivity contribution in [2.75, 3.05) is 13.2 Å². The van der Waals surface area contributed by atoms with Crippen LogP contribution in [0.15, 0.2) is 0 Å². The molecule has 0 aliphatic heterocycles. The van der Waals surface area contributed by atoms with Crippen molar-refractivity contribution in [1.82, 2.24) is 4.90 Å². The van der Waals surface area contributed by atoms with Crippen LogP contribution in [-0.2, 0) is 14.3 Å². The van der Waals surface area contributed by atoms with Gasteiger partial charge in [0.05, 0.1) is 6.10 Å². The zero-order valence-corrected chi connectivity index (χ0v) is 14.4. The fraction of sp³-hybridized carbons (Fsp3) is 0.882. The van der Waals surface area contributed by atoms with Crippen molar-refractivity contribution in [3.05, 3.63) is 0 Å². The number of hydrogen-bond acceptors (Lipinski definition) is 3. The summed E-state index contributed by atoms with van der Waals surface area (Å²) in [5.41, 5.74) is -0.0120. The first-order valence-corrected chi connectivity index (χ1v) is 8.47. The Bertz CT molecular complexity index is 381. The highest BCUT2D eigenvalue weighted by Gasteiger charge is 2.52. The monoisotopic (exact) mass is 313 g/mol. The number of rotatable bonds is 10. The summed E-state index contributed by atoms with van der Waals surface area (Å²) in [5.74, 6) is -0.641. The molecule has 1 N–H and O–H groups in total. The maximum absolute atomic E-state index is 12.5. The molecule has 5 heteroatoms. The number of amides is 1. The summed E-state index contributed by atoms with van der Waals surface area (Å²) in [6.45, 7) is 9.89. The lowest BCUT2D eigenvalue weighted by molar-refractivity contribution is -0.167. The van der Waals surface area contributed by atoms with Crippen molar-refractivity contribution in [1.29, 1.82) is 0 Å². The number of carboxylic acid groups (broad SMARTS) is 1. The first-order valence-electron chi connectivity index (χ1n) is 8.47. The van der Waals surface area contributed by atoms with E-state index < -0.39 is 5.97 Å². The van der Waals surface area contributed by atoms with Gasteiger partial charge in [0.1, 0.15) is 0 Å². The van der Waals surface area contributed by atoms with Crippen LogP contribution in [0.1, 0.15) is 66.2 Å². The van der Waals surface area contributed by atoms with Crippen LogP contribution in [0, 0.1) is 5.41 Å². The van der Waals surface area contributed by atoms with Crippen molar-refractivity contribution in [3.8, 4) is 0 Å². The number of carboxylic acids is 1. The van der Waals surface area contributed by atoms with E-state index in [1.54, 1.807) is 0 Å². The number of nitrogens with zero attached hydrogens (tertiary/aromatic N) is 1. The molecule has 128 valence electrons. The maximum Gasteiger partial charge on any atom is 0.303 e. The Morgan fingerprint density at radius 3 is 2.36 bits per heavy atom. The highest BCUT2D eigenvalue weighted by molar-refractivity contribution is 5.77. The lowest BCUT2D eigenvalue weighted by Crippen LogP contribution is -2.63. The van der Waals surface area contributed by atoms with Crippen LogP contribution in [-0.4, -0.2) is 47.2 Å². The third-order valence-electron chi connectivity index (χ3n) is 4.69. The first-order chi connectivity index (χ1) is 10.3. The molecule has 5 nitrogen and oxygen atoms in total. The summed E-state index contributed by atoms with van der Waals surface area (Å²) >= 11 is 0. The number of carbonyl (C=O) groups excluding carboxylic acids is 1. The number of ether oxygens (including phenoxy) is 1. The van der Waals surface area contributed by atoms with E-state index in [0.29, 0.717) is 25.9 Å². The van der Waals surface area contributed by atoms with E-state index >= 15 is 0 Å². The van der Waals surface area contributed by atoms with E-state index in [9.17, 15) is 9.59 Å². The molecule has 1 saturated carbocycles. The molecular weight excluding hydrogens is 282 g/mol. The Morgan fingerprint density at radius 1 is 1.23 bits per heavy atom. The Morgan fingerprint density at radius 2 is 1.86 bits per heavy atom. The molecule has 1 aliphatic rings. The molecule has 1 aliphatic carbocycles. The summed E-state index contributed by atoms with van der Waals surface area (Å²) in [4.78, 5) is 25.0. The van der Waals surface area contributed by atoms with Gasteiger partial charge in [0.25, 0.3) is 0 Å². The molecule has 22 heavy (non-hydrogen) atoms.